The lowest BCUT2D eigenvalue weighted by molar-refractivity contribution is -0.130. The number of aliphatic carboxylic acids is 1. The van der Waals surface area contributed by atoms with Crippen molar-refractivity contribution in [1.29, 1.82) is 0 Å². The Morgan fingerprint density at radius 1 is 1.16 bits per heavy atom. The van der Waals surface area contributed by atoms with Crippen molar-refractivity contribution in [3.05, 3.63) is 70.5 Å². The molecule has 0 aliphatic rings. The fraction of sp³-hybridized carbons (Fsp3) is 0. The van der Waals surface area contributed by atoms with Gasteiger partial charge in [0.05, 0.1) is 10.6 Å². The second-order valence-electron chi connectivity index (χ2n) is 3.90. The Morgan fingerprint density at radius 2 is 1.84 bits per heavy atom. The molecule has 2 aromatic rings. The number of carboxylic acid groups (broad SMARTS) is 1. The first-order valence-corrected chi connectivity index (χ1v) is 5.91. The summed E-state index contributed by atoms with van der Waals surface area (Å²) >= 11 is 5.89. The van der Waals surface area contributed by atoms with Crippen molar-refractivity contribution in [1.82, 2.24) is 0 Å². The fourth-order valence-electron chi connectivity index (χ4n) is 1.66. The molecular weight excluding hydrogens is 267 g/mol. The van der Waals surface area contributed by atoms with Crippen LogP contribution in [0.4, 0.5) is 4.39 Å². The van der Waals surface area contributed by atoms with Gasteiger partial charge in [-0.2, -0.15) is 0 Å². The highest BCUT2D eigenvalue weighted by Crippen LogP contribution is 2.24. The number of hydrogen-bond acceptors (Lipinski definition) is 1. The summed E-state index contributed by atoms with van der Waals surface area (Å²) in [4.78, 5) is 11.3. The Balaban J connectivity index is 2.51. The summed E-state index contributed by atoms with van der Waals surface area (Å²) < 4.78 is 12.9. The van der Waals surface area contributed by atoms with E-state index in [1.165, 1.54) is 18.2 Å². The van der Waals surface area contributed by atoms with Crippen LogP contribution in [0.3, 0.4) is 0 Å². The Morgan fingerprint density at radius 3 is 2.42 bits per heavy atom. The molecule has 0 spiro atoms. The van der Waals surface area contributed by atoms with Gasteiger partial charge in [0.2, 0.25) is 0 Å². The van der Waals surface area contributed by atoms with Crippen LogP contribution in [-0.2, 0) is 4.79 Å². The molecule has 0 atom stereocenters. The van der Waals surface area contributed by atoms with E-state index in [1.54, 1.807) is 30.3 Å². The zero-order valence-electron chi connectivity index (χ0n) is 9.81. The summed E-state index contributed by atoms with van der Waals surface area (Å²) in [6.45, 7) is 0. The summed E-state index contributed by atoms with van der Waals surface area (Å²) in [6.07, 6.45) is 1.43. The van der Waals surface area contributed by atoms with Crippen molar-refractivity contribution < 1.29 is 14.3 Å². The standard InChI is InChI=1S/C15H10ClFO2/c16-14-9-12(17)7-6-11(14)8-13(15(18)19)10-4-2-1-3-5-10/h1-9H,(H,18,19)/b13-8+. The molecule has 2 nitrogen and oxygen atoms in total. The topological polar surface area (TPSA) is 37.3 Å². The average Bonchev–Trinajstić information content (AvgIpc) is 2.38. The van der Waals surface area contributed by atoms with Crippen LogP contribution >= 0.6 is 11.6 Å². The Hall–Kier alpha value is -2.13. The van der Waals surface area contributed by atoms with Gasteiger partial charge >= 0.3 is 5.97 Å². The third-order valence-corrected chi connectivity index (χ3v) is 2.90. The Kier molecular flexibility index (Phi) is 3.97. The van der Waals surface area contributed by atoms with Gasteiger partial charge in [0, 0.05) is 0 Å². The van der Waals surface area contributed by atoms with E-state index in [9.17, 15) is 14.3 Å². The van der Waals surface area contributed by atoms with Gasteiger partial charge in [0.1, 0.15) is 5.82 Å². The lowest BCUT2D eigenvalue weighted by Gasteiger charge is -2.04. The van der Waals surface area contributed by atoms with Gasteiger partial charge in [0.15, 0.2) is 0 Å². The van der Waals surface area contributed by atoms with Crippen molar-refractivity contribution in [2.24, 2.45) is 0 Å². The molecule has 0 aliphatic heterocycles. The number of carboxylic acids is 1. The summed E-state index contributed by atoms with van der Waals surface area (Å²) in [6, 6.07) is 12.5. The van der Waals surface area contributed by atoms with Crippen LogP contribution in [0.1, 0.15) is 11.1 Å². The molecule has 0 heterocycles. The fourth-order valence-corrected chi connectivity index (χ4v) is 1.88. The van der Waals surface area contributed by atoms with E-state index in [-0.39, 0.29) is 10.6 Å². The van der Waals surface area contributed by atoms with E-state index in [2.05, 4.69) is 0 Å². The van der Waals surface area contributed by atoms with E-state index >= 15 is 0 Å². The predicted octanol–water partition coefficient (Wildman–Crippen LogP) is 4.10. The molecule has 4 heteroatoms. The van der Waals surface area contributed by atoms with Gasteiger partial charge in [-0.1, -0.05) is 48.0 Å². The molecule has 2 rings (SSSR count). The Labute approximate surface area is 114 Å². The highest BCUT2D eigenvalue weighted by molar-refractivity contribution is 6.33. The van der Waals surface area contributed by atoms with Crippen LogP contribution in [-0.4, -0.2) is 11.1 Å². The molecule has 96 valence electrons. The van der Waals surface area contributed by atoms with Crippen molar-refractivity contribution in [3.63, 3.8) is 0 Å². The maximum atomic E-state index is 12.9. The zero-order chi connectivity index (χ0) is 13.8. The summed E-state index contributed by atoms with van der Waals surface area (Å²) in [7, 11) is 0. The summed E-state index contributed by atoms with van der Waals surface area (Å²) in [5.74, 6) is -1.52. The van der Waals surface area contributed by atoms with E-state index in [1.807, 2.05) is 0 Å². The number of carbonyl (C=O) groups is 1. The van der Waals surface area contributed by atoms with Crippen molar-refractivity contribution in [2.45, 2.75) is 0 Å². The lowest BCUT2D eigenvalue weighted by atomic mass is 10.0. The molecule has 19 heavy (non-hydrogen) atoms. The molecule has 0 radical (unpaired) electrons. The monoisotopic (exact) mass is 276 g/mol. The first-order valence-electron chi connectivity index (χ1n) is 5.53. The minimum atomic E-state index is -1.06. The van der Waals surface area contributed by atoms with Crippen LogP contribution in [0.15, 0.2) is 48.5 Å². The zero-order valence-corrected chi connectivity index (χ0v) is 10.6. The smallest absolute Gasteiger partial charge is 0.336 e. The molecular formula is C15H10ClFO2. The SMILES string of the molecule is O=C(O)/C(=C/c1ccc(F)cc1Cl)c1ccccc1. The van der Waals surface area contributed by atoms with Crippen LogP contribution in [0.5, 0.6) is 0 Å². The summed E-state index contributed by atoms with van der Waals surface area (Å²) in [5.41, 5.74) is 1.13. The van der Waals surface area contributed by atoms with Gasteiger partial charge < -0.3 is 5.11 Å². The highest BCUT2D eigenvalue weighted by atomic mass is 35.5. The minimum absolute atomic E-state index is 0.106. The number of rotatable bonds is 3. The second kappa shape index (κ2) is 5.67. The third-order valence-electron chi connectivity index (χ3n) is 2.58. The summed E-state index contributed by atoms with van der Waals surface area (Å²) in [5, 5.41) is 9.42. The van der Waals surface area contributed by atoms with Crippen LogP contribution < -0.4 is 0 Å². The Bertz CT molecular complexity index is 636. The van der Waals surface area contributed by atoms with Gasteiger partial charge in [0.25, 0.3) is 0 Å². The number of hydrogen-bond donors (Lipinski definition) is 1. The maximum absolute atomic E-state index is 12.9. The molecule has 0 bridgehead atoms. The van der Waals surface area contributed by atoms with Gasteiger partial charge in [-0.05, 0) is 29.3 Å². The molecule has 0 amide bonds. The van der Waals surface area contributed by atoms with Crippen molar-refractivity contribution in [2.75, 3.05) is 0 Å². The molecule has 0 aliphatic carbocycles. The number of benzene rings is 2. The molecule has 0 saturated carbocycles. The van der Waals surface area contributed by atoms with Crippen LogP contribution in [0, 0.1) is 5.82 Å². The molecule has 0 unspecified atom stereocenters. The van der Waals surface area contributed by atoms with Crippen LogP contribution in [0.2, 0.25) is 5.02 Å². The third kappa shape index (κ3) is 3.20. The largest absolute Gasteiger partial charge is 0.478 e. The maximum Gasteiger partial charge on any atom is 0.336 e. The van der Waals surface area contributed by atoms with E-state index in [4.69, 9.17) is 11.6 Å². The van der Waals surface area contributed by atoms with Crippen molar-refractivity contribution >= 4 is 29.2 Å². The van der Waals surface area contributed by atoms with Gasteiger partial charge in [-0.15, -0.1) is 0 Å². The predicted molar refractivity (Wildman–Crippen MR) is 73.4 cm³/mol. The lowest BCUT2D eigenvalue weighted by Crippen LogP contribution is -1.99. The van der Waals surface area contributed by atoms with E-state index in [0.717, 1.165) is 6.07 Å². The van der Waals surface area contributed by atoms with Gasteiger partial charge in [-0.3, -0.25) is 0 Å². The molecule has 2 aromatic carbocycles. The molecule has 1 N–H and O–H groups in total. The highest BCUT2D eigenvalue weighted by Gasteiger charge is 2.11. The normalized spacial score (nSPS) is 11.4. The quantitative estimate of drug-likeness (QED) is 0.677. The van der Waals surface area contributed by atoms with E-state index < -0.39 is 11.8 Å². The second-order valence-corrected chi connectivity index (χ2v) is 4.30. The van der Waals surface area contributed by atoms with E-state index in [0.29, 0.717) is 11.1 Å². The number of halogens is 2. The average molecular weight is 277 g/mol. The molecule has 0 aromatic heterocycles. The van der Waals surface area contributed by atoms with Crippen LogP contribution in [0.25, 0.3) is 11.6 Å². The van der Waals surface area contributed by atoms with Gasteiger partial charge in [-0.25, -0.2) is 9.18 Å². The van der Waals surface area contributed by atoms with Crippen molar-refractivity contribution in [3.8, 4) is 0 Å². The first-order chi connectivity index (χ1) is 9.08. The minimum Gasteiger partial charge on any atom is -0.478 e. The molecule has 0 saturated heterocycles. The first kappa shape index (κ1) is 13.3. The molecule has 0 fully saturated rings.